The van der Waals surface area contributed by atoms with E-state index >= 15 is 0 Å². The molecule has 7 nitrogen and oxygen atoms in total. The van der Waals surface area contributed by atoms with Crippen LogP contribution in [0.15, 0.2) is 77.7 Å². The molecule has 0 radical (unpaired) electrons. The largest absolute Gasteiger partial charge is 0.355 e. The second kappa shape index (κ2) is 12.9. The van der Waals surface area contributed by atoms with Crippen molar-refractivity contribution in [3.05, 3.63) is 94.5 Å². The third-order valence-corrected chi connectivity index (χ3v) is 8.37. The third kappa shape index (κ3) is 6.94. The summed E-state index contributed by atoms with van der Waals surface area (Å²) in [5.41, 5.74) is 2.79. The van der Waals surface area contributed by atoms with Gasteiger partial charge in [0, 0.05) is 18.1 Å². The number of anilines is 1. The third-order valence-electron chi connectivity index (χ3n) is 6.21. The summed E-state index contributed by atoms with van der Waals surface area (Å²) in [6, 6.07) is 19.8. The average Bonchev–Trinajstić information content (AvgIpc) is 2.88. The molecule has 202 valence electrons. The Labute approximate surface area is 230 Å². The molecule has 2 amide bonds. The fourth-order valence-electron chi connectivity index (χ4n) is 4.17. The highest BCUT2D eigenvalue weighted by molar-refractivity contribution is 7.92. The summed E-state index contributed by atoms with van der Waals surface area (Å²) in [5.74, 6) is -0.820. The van der Waals surface area contributed by atoms with Gasteiger partial charge in [-0.3, -0.25) is 13.9 Å². The van der Waals surface area contributed by atoms with Gasteiger partial charge in [-0.2, -0.15) is 0 Å². The van der Waals surface area contributed by atoms with E-state index < -0.39 is 28.5 Å². The number of nitrogens with one attached hydrogen (secondary N) is 1. The first-order valence-corrected chi connectivity index (χ1v) is 14.4. The number of hydrogen-bond acceptors (Lipinski definition) is 4. The molecule has 38 heavy (non-hydrogen) atoms. The predicted octanol–water partition coefficient (Wildman–Crippen LogP) is 5.10. The molecule has 3 aromatic rings. The van der Waals surface area contributed by atoms with Crippen LogP contribution in [0.25, 0.3) is 0 Å². The van der Waals surface area contributed by atoms with Gasteiger partial charge < -0.3 is 10.2 Å². The van der Waals surface area contributed by atoms with Gasteiger partial charge in [-0.05, 0) is 68.7 Å². The van der Waals surface area contributed by atoms with Gasteiger partial charge in [-0.25, -0.2) is 8.42 Å². The number of halogens is 1. The van der Waals surface area contributed by atoms with Crippen molar-refractivity contribution in [2.75, 3.05) is 17.4 Å². The second-order valence-electron chi connectivity index (χ2n) is 9.10. The van der Waals surface area contributed by atoms with E-state index in [0.717, 1.165) is 15.4 Å². The van der Waals surface area contributed by atoms with Crippen molar-refractivity contribution in [1.29, 1.82) is 0 Å². The van der Waals surface area contributed by atoms with E-state index in [4.69, 9.17) is 11.6 Å². The van der Waals surface area contributed by atoms with E-state index in [1.807, 2.05) is 26.8 Å². The van der Waals surface area contributed by atoms with Crippen LogP contribution in [0.1, 0.15) is 37.0 Å². The number of carbonyl (C=O) groups excluding carboxylic acids is 2. The Hall–Kier alpha value is -3.36. The van der Waals surface area contributed by atoms with Crippen LogP contribution in [0.3, 0.4) is 0 Å². The quantitative estimate of drug-likeness (QED) is 0.357. The minimum absolute atomic E-state index is 0.0559. The molecule has 0 bridgehead atoms. The molecular formula is C29H34ClN3O4S. The number of hydrogen-bond donors (Lipinski definition) is 1. The molecule has 0 saturated carbocycles. The highest BCUT2D eigenvalue weighted by Gasteiger charge is 2.33. The van der Waals surface area contributed by atoms with Crippen molar-refractivity contribution < 1.29 is 18.0 Å². The van der Waals surface area contributed by atoms with Gasteiger partial charge in [0.1, 0.15) is 12.6 Å². The van der Waals surface area contributed by atoms with Gasteiger partial charge in [0.05, 0.1) is 10.6 Å². The Balaban J connectivity index is 2.07. The standard InChI is InChI=1S/C29H34ClN3O4S/c1-5-27(29(35)31-6-2)32(19-23-11-7-8-13-26(23)30)28(34)20-33(24-12-9-10-22(4)18-24)38(36,37)25-16-14-21(3)15-17-25/h7-18,27H,5-6,19-20H2,1-4H3,(H,31,35). The first kappa shape index (κ1) is 29.2. The zero-order valence-corrected chi connectivity index (χ0v) is 23.7. The molecule has 0 aliphatic heterocycles. The fourth-order valence-corrected chi connectivity index (χ4v) is 5.77. The summed E-state index contributed by atoms with van der Waals surface area (Å²) in [6.07, 6.45) is 0.344. The van der Waals surface area contributed by atoms with Crippen molar-refractivity contribution in [3.8, 4) is 0 Å². The first-order chi connectivity index (χ1) is 18.1. The number of sulfonamides is 1. The monoisotopic (exact) mass is 555 g/mol. The highest BCUT2D eigenvalue weighted by atomic mass is 35.5. The number of rotatable bonds is 11. The molecule has 1 unspecified atom stereocenters. The van der Waals surface area contributed by atoms with E-state index in [9.17, 15) is 18.0 Å². The molecule has 0 aliphatic rings. The van der Waals surface area contributed by atoms with Crippen LogP contribution < -0.4 is 9.62 Å². The molecule has 9 heteroatoms. The van der Waals surface area contributed by atoms with Crippen molar-refractivity contribution in [2.45, 2.75) is 51.6 Å². The van der Waals surface area contributed by atoms with Gasteiger partial charge in [0.15, 0.2) is 0 Å². The van der Waals surface area contributed by atoms with Crippen LogP contribution in [0, 0.1) is 13.8 Å². The highest BCUT2D eigenvalue weighted by Crippen LogP contribution is 2.26. The van der Waals surface area contributed by atoms with Crippen molar-refractivity contribution >= 4 is 39.1 Å². The average molecular weight is 556 g/mol. The maximum absolute atomic E-state index is 14.0. The second-order valence-corrected chi connectivity index (χ2v) is 11.4. The van der Waals surface area contributed by atoms with E-state index in [0.29, 0.717) is 29.2 Å². The zero-order chi connectivity index (χ0) is 27.9. The SMILES string of the molecule is CCNC(=O)C(CC)N(Cc1ccccc1Cl)C(=O)CN(c1cccc(C)c1)S(=O)(=O)c1ccc(C)cc1. The topological polar surface area (TPSA) is 86.8 Å². The molecule has 0 fully saturated rings. The molecule has 0 spiro atoms. The molecule has 1 atom stereocenters. The summed E-state index contributed by atoms with van der Waals surface area (Å²) in [6.45, 7) is 7.32. The van der Waals surface area contributed by atoms with Gasteiger partial charge in [0.2, 0.25) is 11.8 Å². The van der Waals surface area contributed by atoms with Crippen molar-refractivity contribution in [3.63, 3.8) is 0 Å². The number of amides is 2. The van der Waals surface area contributed by atoms with Crippen molar-refractivity contribution in [1.82, 2.24) is 10.2 Å². The molecule has 1 N–H and O–H groups in total. The molecule has 0 aliphatic carbocycles. The zero-order valence-electron chi connectivity index (χ0n) is 22.1. The normalized spacial score (nSPS) is 12.0. The summed E-state index contributed by atoms with van der Waals surface area (Å²) in [4.78, 5) is 28.4. The van der Waals surface area contributed by atoms with Gasteiger partial charge in [0.25, 0.3) is 10.0 Å². The molecule has 3 rings (SSSR count). The lowest BCUT2D eigenvalue weighted by Crippen LogP contribution is -2.52. The Bertz CT molecular complexity index is 1380. The molecular weight excluding hydrogens is 522 g/mol. The molecule has 0 heterocycles. The number of likely N-dealkylation sites (N-methyl/N-ethyl adjacent to an activating group) is 1. The van der Waals surface area contributed by atoms with Crippen LogP contribution in [-0.4, -0.2) is 44.3 Å². The Kier molecular flexibility index (Phi) is 9.94. The fraction of sp³-hybridized carbons (Fsp3) is 0.310. The Morgan fingerprint density at radius 3 is 2.21 bits per heavy atom. The van der Waals surface area contributed by atoms with E-state index in [2.05, 4.69) is 5.32 Å². The number of carbonyl (C=O) groups is 2. The molecule has 0 saturated heterocycles. The minimum Gasteiger partial charge on any atom is -0.355 e. The minimum atomic E-state index is -4.10. The van der Waals surface area contributed by atoms with E-state index in [1.54, 1.807) is 61.5 Å². The predicted molar refractivity (Wildman–Crippen MR) is 152 cm³/mol. The first-order valence-electron chi connectivity index (χ1n) is 12.5. The number of aryl methyl sites for hydroxylation is 2. The lowest BCUT2D eigenvalue weighted by Gasteiger charge is -2.33. The van der Waals surface area contributed by atoms with Crippen LogP contribution in [0.4, 0.5) is 5.69 Å². The van der Waals surface area contributed by atoms with Crippen LogP contribution in [0.2, 0.25) is 5.02 Å². The van der Waals surface area contributed by atoms with Gasteiger partial charge in [-0.15, -0.1) is 0 Å². The summed E-state index contributed by atoms with van der Waals surface area (Å²) >= 11 is 6.40. The van der Waals surface area contributed by atoms with Crippen molar-refractivity contribution in [2.24, 2.45) is 0 Å². The van der Waals surface area contributed by atoms with Crippen LogP contribution in [-0.2, 0) is 26.2 Å². The smallest absolute Gasteiger partial charge is 0.264 e. The Morgan fingerprint density at radius 2 is 1.61 bits per heavy atom. The van der Waals surface area contributed by atoms with Crippen LogP contribution in [0.5, 0.6) is 0 Å². The summed E-state index contributed by atoms with van der Waals surface area (Å²) in [7, 11) is -4.10. The summed E-state index contributed by atoms with van der Waals surface area (Å²) < 4.78 is 28.8. The lowest BCUT2D eigenvalue weighted by atomic mass is 10.1. The van der Waals surface area contributed by atoms with Crippen LogP contribution >= 0.6 is 11.6 Å². The Morgan fingerprint density at radius 1 is 0.921 bits per heavy atom. The molecule has 3 aromatic carbocycles. The number of benzene rings is 3. The van der Waals surface area contributed by atoms with Gasteiger partial charge in [-0.1, -0.05) is 66.6 Å². The maximum Gasteiger partial charge on any atom is 0.264 e. The lowest BCUT2D eigenvalue weighted by molar-refractivity contribution is -0.140. The molecule has 0 aromatic heterocycles. The maximum atomic E-state index is 14.0. The summed E-state index contributed by atoms with van der Waals surface area (Å²) in [5, 5.41) is 3.25. The van der Waals surface area contributed by atoms with Gasteiger partial charge >= 0.3 is 0 Å². The number of nitrogens with zero attached hydrogens (tertiary/aromatic N) is 2. The van der Waals surface area contributed by atoms with E-state index in [1.165, 1.54) is 17.0 Å². The van der Waals surface area contributed by atoms with E-state index in [-0.39, 0.29) is 17.3 Å².